The van der Waals surface area contributed by atoms with Crippen molar-refractivity contribution in [2.75, 3.05) is 6.61 Å². The first-order valence-electron chi connectivity index (χ1n) is 3.72. The number of rotatable bonds is 5. The molecule has 0 heterocycles. The highest BCUT2D eigenvalue weighted by Crippen LogP contribution is 1.96. The molecular weight excluding hydrogens is 142 g/mol. The van der Waals surface area contributed by atoms with Crippen molar-refractivity contribution in [2.24, 2.45) is 5.73 Å². The zero-order chi connectivity index (χ0) is 8.69. The van der Waals surface area contributed by atoms with E-state index in [4.69, 9.17) is 10.5 Å². The molecule has 0 saturated heterocycles. The topological polar surface area (TPSA) is 52.3 Å². The third-order valence-electron chi connectivity index (χ3n) is 1.20. The standard InChI is InChI=1S/C8H15NO2/c1-3-5-7(9)6-8(10)11-4-2/h3,7H,1,4-6,9H2,2H3/t7-/m1/s1. The SMILES string of the molecule is C=CC[C@@H](N)CC(=O)OCC. The Kier molecular flexibility index (Phi) is 5.47. The summed E-state index contributed by atoms with van der Waals surface area (Å²) in [6.07, 6.45) is 2.63. The second-order valence-electron chi connectivity index (χ2n) is 2.29. The number of carbonyl (C=O) groups is 1. The Hall–Kier alpha value is -0.830. The van der Waals surface area contributed by atoms with Crippen molar-refractivity contribution in [3.63, 3.8) is 0 Å². The molecule has 3 nitrogen and oxygen atoms in total. The van der Waals surface area contributed by atoms with E-state index < -0.39 is 0 Å². The van der Waals surface area contributed by atoms with Gasteiger partial charge < -0.3 is 10.5 Å². The molecule has 0 aromatic heterocycles. The summed E-state index contributed by atoms with van der Waals surface area (Å²) in [6.45, 7) is 5.71. The van der Waals surface area contributed by atoms with Gasteiger partial charge in [0, 0.05) is 6.04 Å². The van der Waals surface area contributed by atoms with Gasteiger partial charge in [0.1, 0.15) is 0 Å². The molecular formula is C8H15NO2. The van der Waals surface area contributed by atoms with E-state index in [0.29, 0.717) is 13.0 Å². The lowest BCUT2D eigenvalue weighted by Gasteiger charge is -2.06. The predicted octanol–water partition coefficient (Wildman–Crippen LogP) is 0.843. The molecule has 0 aliphatic rings. The van der Waals surface area contributed by atoms with Crippen LogP contribution in [0.1, 0.15) is 19.8 Å². The second kappa shape index (κ2) is 5.92. The van der Waals surface area contributed by atoms with Crippen LogP contribution in [0, 0.1) is 0 Å². The molecule has 2 N–H and O–H groups in total. The van der Waals surface area contributed by atoms with Gasteiger partial charge in [0.05, 0.1) is 13.0 Å². The molecule has 0 aliphatic carbocycles. The molecule has 0 spiro atoms. The molecule has 3 heteroatoms. The van der Waals surface area contributed by atoms with Crippen LogP contribution in [-0.2, 0) is 9.53 Å². The zero-order valence-electron chi connectivity index (χ0n) is 6.88. The Labute approximate surface area is 67.2 Å². The van der Waals surface area contributed by atoms with Crippen molar-refractivity contribution >= 4 is 5.97 Å². The molecule has 11 heavy (non-hydrogen) atoms. The summed E-state index contributed by atoms with van der Waals surface area (Å²) in [6, 6.07) is -0.147. The molecule has 0 radical (unpaired) electrons. The Morgan fingerprint density at radius 1 is 1.82 bits per heavy atom. The number of esters is 1. The van der Waals surface area contributed by atoms with Gasteiger partial charge in [-0.3, -0.25) is 4.79 Å². The van der Waals surface area contributed by atoms with Gasteiger partial charge in [-0.05, 0) is 13.3 Å². The Morgan fingerprint density at radius 2 is 2.45 bits per heavy atom. The van der Waals surface area contributed by atoms with Gasteiger partial charge in [0.25, 0.3) is 0 Å². The summed E-state index contributed by atoms with van der Waals surface area (Å²) in [5.74, 6) is -0.234. The Bertz CT molecular complexity index is 134. The number of carbonyl (C=O) groups excluding carboxylic acids is 1. The third kappa shape index (κ3) is 5.61. The van der Waals surface area contributed by atoms with E-state index in [0.717, 1.165) is 0 Å². The van der Waals surface area contributed by atoms with Crippen LogP contribution in [0.15, 0.2) is 12.7 Å². The van der Waals surface area contributed by atoms with E-state index in [-0.39, 0.29) is 18.4 Å². The number of hydrogen-bond donors (Lipinski definition) is 1. The lowest BCUT2D eigenvalue weighted by Crippen LogP contribution is -2.24. The van der Waals surface area contributed by atoms with Crippen molar-refractivity contribution in [3.8, 4) is 0 Å². The fourth-order valence-electron chi connectivity index (χ4n) is 0.731. The van der Waals surface area contributed by atoms with E-state index in [1.807, 2.05) is 0 Å². The molecule has 0 amide bonds. The van der Waals surface area contributed by atoms with Crippen molar-refractivity contribution in [3.05, 3.63) is 12.7 Å². The maximum absolute atomic E-state index is 10.8. The second-order valence-corrected chi connectivity index (χ2v) is 2.29. The van der Waals surface area contributed by atoms with Gasteiger partial charge in [-0.15, -0.1) is 6.58 Å². The summed E-state index contributed by atoms with van der Waals surface area (Å²) < 4.78 is 4.71. The normalized spacial score (nSPS) is 12.2. The maximum Gasteiger partial charge on any atom is 0.307 e. The van der Waals surface area contributed by atoms with Crippen LogP contribution in [0.4, 0.5) is 0 Å². The van der Waals surface area contributed by atoms with E-state index in [9.17, 15) is 4.79 Å². The molecule has 1 atom stereocenters. The minimum Gasteiger partial charge on any atom is -0.466 e. The monoisotopic (exact) mass is 157 g/mol. The first-order chi connectivity index (χ1) is 5.20. The zero-order valence-corrected chi connectivity index (χ0v) is 6.88. The lowest BCUT2D eigenvalue weighted by atomic mass is 10.1. The maximum atomic E-state index is 10.8. The highest BCUT2D eigenvalue weighted by Gasteiger charge is 2.07. The van der Waals surface area contributed by atoms with Gasteiger partial charge in [0.2, 0.25) is 0 Å². The molecule has 0 bridgehead atoms. The van der Waals surface area contributed by atoms with Crippen LogP contribution in [0.25, 0.3) is 0 Å². The Morgan fingerprint density at radius 3 is 2.91 bits per heavy atom. The van der Waals surface area contributed by atoms with Gasteiger partial charge in [-0.1, -0.05) is 6.08 Å². The van der Waals surface area contributed by atoms with Crippen LogP contribution in [-0.4, -0.2) is 18.6 Å². The average Bonchev–Trinajstić information content (AvgIpc) is 1.87. The highest BCUT2D eigenvalue weighted by atomic mass is 16.5. The fraction of sp³-hybridized carbons (Fsp3) is 0.625. The molecule has 0 rings (SSSR count). The number of nitrogens with two attached hydrogens (primary N) is 1. The van der Waals surface area contributed by atoms with Crippen LogP contribution in [0.3, 0.4) is 0 Å². The van der Waals surface area contributed by atoms with Gasteiger partial charge in [-0.25, -0.2) is 0 Å². The molecule has 0 aromatic carbocycles. The third-order valence-corrected chi connectivity index (χ3v) is 1.20. The van der Waals surface area contributed by atoms with Gasteiger partial charge >= 0.3 is 5.97 Å². The minimum absolute atomic E-state index is 0.147. The lowest BCUT2D eigenvalue weighted by molar-refractivity contribution is -0.143. The van der Waals surface area contributed by atoms with Crippen molar-refractivity contribution in [1.82, 2.24) is 0 Å². The van der Waals surface area contributed by atoms with E-state index in [1.165, 1.54) is 0 Å². The number of ether oxygens (including phenoxy) is 1. The van der Waals surface area contributed by atoms with Crippen LogP contribution in [0.5, 0.6) is 0 Å². The smallest absolute Gasteiger partial charge is 0.307 e. The van der Waals surface area contributed by atoms with Crippen molar-refractivity contribution in [2.45, 2.75) is 25.8 Å². The summed E-state index contributed by atoms with van der Waals surface area (Å²) in [5, 5.41) is 0. The van der Waals surface area contributed by atoms with Gasteiger partial charge in [-0.2, -0.15) is 0 Å². The van der Waals surface area contributed by atoms with E-state index in [1.54, 1.807) is 13.0 Å². The number of hydrogen-bond acceptors (Lipinski definition) is 3. The molecule has 0 aliphatic heterocycles. The summed E-state index contributed by atoms with van der Waals surface area (Å²) in [4.78, 5) is 10.8. The molecule has 0 saturated carbocycles. The van der Waals surface area contributed by atoms with Crippen molar-refractivity contribution in [1.29, 1.82) is 0 Å². The molecule has 64 valence electrons. The first kappa shape index (κ1) is 10.2. The molecule has 0 fully saturated rings. The van der Waals surface area contributed by atoms with E-state index >= 15 is 0 Å². The van der Waals surface area contributed by atoms with Gasteiger partial charge in [0.15, 0.2) is 0 Å². The van der Waals surface area contributed by atoms with Crippen LogP contribution < -0.4 is 5.73 Å². The highest BCUT2D eigenvalue weighted by molar-refractivity contribution is 5.70. The molecule has 0 unspecified atom stereocenters. The summed E-state index contributed by atoms with van der Waals surface area (Å²) >= 11 is 0. The quantitative estimate of drug-likeness (QED) is 0.475. The van der Waals surface area contributed by atoms with E-state index in [2.05, 4.69) is 6.58 Å². The Balaban J connectivity index is 3.48. The molecule has 0 aromatic rings. The summed E-state index contributed by atoms with van der Waals surface area (Å²) in [5.41, 5.74) is 5.54. The fourth-order valence-corrected chi connectivity index (χ4v) is 0.731. The first-order valence-corrected chi connectivity index (χ1v) is 3.72. The van der Waals surface area contributed by atoms with Crippen LogP contribution in [0.2, 0.25) is 0 Å². The largest absolute Gasteiger partial charge is 0.466 e. The van der Waals surface area contributed by atoms with Crippen molar-refractivity contribution < 1.29 is 9.53 Å². The van der Waals surface area contributed by atoms with Crippen LogP contribution >= 0.6 is 0 Å². The predicted molar refractivity (Wildman–Crippen MR) is 44.0 cm³/mol. The summed E-state index contributed by atoms with van der Waals surface area (Å²) in [7, 11) is 0. The minimum atomic E-state index is -0.234. The average molecular weight is 157 g/mol.